The predicted molar refractivity (Wildman–Crippen MR) is 183 cm³/mol. The molecule has 0 spiro atoms. The number of allylic oxidation sites excluding steroid dienone is 4. The van der Waals surface area contributed by atoms with Crippen molar-refractivity contribution in [2.75, 3.05) is 0 Å². The second kappa shape index (κ2) is 34.6. The molecule has 2 aromatic carbocycles. The number of carboxylic acid groups (broad SMARTS) is 2. The molecule has 4 nitrogen and oxygen atoms in total. The van der Waals surface area contributed by atoms with Crippen molar-refractivity contribution in [1.82, 2.24) is 0 Å². The molecule has 2 aromatic rings. The van der Waals surface area contributed by atoms with E-state index in [2.05, 4.69) is 24.3 Å². The molecule has 0 fully saturated rings. The van der Waals surface area contributed by atoms with Crippen LogP contribution in [0.2, 0.25) is 10.0 Å². The molecule has 0 atom stereocenters. The number of aryl methyl sites for hydroxylation is 2. The summed E-state index contributed by atoms with van der Waals surface area (Å²) in [5.74, 6) is -1.44. The summed E-state index contributed by atoms with van der Waals surface area (Å²) in [5, 5.41) is 18.3. The Kier molecular flexibility index (Phi) is 38.6. The monoisotopic (exact) mass is 722 g/mol. The zero-order chi connectivity index (χ0) is 29.8. The van der Waals surface area contributed by atoms with Crippen molar-refractivity contribution in [3.05, 3.63) is 109 Å². The Morgan fingerprint density at radius 2 is 0.860 bits per heavy atom. The number of halogens is 2. The van der Waals surface area contributed by atoms with E-state index in [1.54, 1.807) is 0 Å². The minimum absolute atomic E-state index is 0. The van der Waals surface area contributed by atoms with Crippen molar-refractivity contribution < 1.29 is 39.3 Å². The smallest absolute Gasteiger partial charge is 0.481 e. The molecule has 0 bridgehead atoms. The van der Waals surface area contributed by atoms with Gasteiger partial charge >= 0.3 is 31.4 Å². The van der Waals surface area contributed by atoms with Crippen molar-refractivity contribution in [1.29, 1.82) is 0 Å². The van der Waals surface area contributed by atoms with Crippen LogP contribution in [0.1, 0.15) is 102 Å². The first kappa shape index (κ1) is 48.0. The minimum atomic E-state index is -0.721. The van der Waals surface area contributed by atoms with E-state index in [1.807, 2.05) is 62.4 Å². The summed E-state index contributed by atoms with van der Waals surface area (Å²) in [6.07, 6.45) is 22.6. The van der Waals surface area contributed by atoms with Gasteiger partial charge in [-0.3, -0.25) is 9.59 Å². The fraction of sp³-hybridized carbons (Fsp3) is 0.444. The standard InChI is InChI=1S/2C11H13ClO2.2C5H8.C2H6.2CH3.Ru/c2*12-10-7-5-9(6-8-10)3-1-2-4-11(13)14;2*1-2-4-5-3-1;1-2;;;/h2*5-8H,1-4H2,(H,13,14);2*1-2H,3-5H2;1-2H3;2*1H3;/q;;;;;2*-1;+3. The molecule has 1 radical (unpaired) electrons. The van der Waals surface area contributed by atoms with E-state index in [-0.39, 0.29) is 47.2 Å². The van der Waals surface area contributed by atoms with Gasteiger partial charge in [-0.05, 0) is 112 Å². The van der Waals surface area contributed by atoms with E-state index < -0.39 is 11.9 Å². The maximum Gasteiger partial charge on any atom is 3.00 e. The molecular weight excluding hydrogens is 668 g/mol. The van der Waals surface area contributed by atoms with Gasteiger partial charge in [0, 0.05) is 22.9 Å². The Labute approximate surface area is 285 Å². The van der Waals surface area contributed by atoms with Crippen LogP contribution in [-0.2, 0) is 41.9 Å². The van der Waals surface area contributed by atoms with Crippen LogP contribution in [0, 0.1) is 14.9 Å². The van der Waals surface area contributed by atoms with Crippen molar-refractivity contribution >= 4 is 35.1 Å². The van der Waals surface area contributed by atoms with Crippen LogP contribution in [0.15, 0.2) is 72.8 Å². The molecule has 2 aliphatic rings. The number of aliphatic carboxylic acids is 2. The average molecular weight is 723 g/mol. The Morgan fingerprint density at radius 3 is 1.07 bits per heavy atom. The van der Waals surface area contributed by atoms with Crippen LogP contribution in [0.25, 0.3) is 0 Å². The second-order valence-corrected chi connectivity index (χ2v) is 10.1. The molecule has 0 heterocycles. The summed E-state index contributed by atoms with van der Waals surface area (Å²) in [4.78, 5) is 20.5. The van der Waals surface area contributed by atoms with Gasteiger partial charge in [0.1, 0.15) is 0 Å². The SMILES string of the molecule is C1=CCCC1.C1=CCCC1.CC.O=C(O)CCCCc1ccc(Cl)cc1.O=C(O)CCCCc1ccc(Cl)cc1.[CH3-].[CH3-].[Ru+3]. The van der Waals surface area contributed by atoms with Gasteiger partial charge in [0.25, 0.3) is 0 Å². The van der Waals surface area contributed by atoms with Gasteiger partial charge in [-0.25, -0.2) is 0 Å². The number of carbonyl (C=O) groups is 2. The molecule has 2 aliphatic carbocycles. The summed E-state index contributed by atoms with van der Waals surface area (Å²) < 4.78 is 0. The van der Waals surface area contributed by atoms with E-state index in [9.17, 15) is 9.59 Å². The van der Waals surface area contributed by atoms with E-state index in [0.717, 1.165) is 48.6 Å². The molecule has 0 saturated carbocycles. The normalized spacial score (nSPS) is 11.5. The number of benzene rings is 2. The van der Waals surface area contributed by atoms with Crippen LogP contribution in [-0.4, -0.2) is 22.2 Å². The van der Waals surface area contributed by atoms with Gasteiger partial charge in [-0.1, -0.05) is 85.6 Å². The van der Waals surface area contributed by atoms with Gasteiger partial charge in [-0.2, -0.15) is 0 Å². The third kappa shape index (κ3) is 32.8. The van der Waals surface area contributed by atoms with Crippen LogP contribution in [0.3, 0.4) is 0 Å². The summed E-state index contributed by atoms with van der Waals surface area (Å²) in [7, 11) is 0. The van der Waals surface area contributed by atoms with Crippen molar-refractivity contribution in [2.24, 2.45) is 0 Å². The molecule has 0 aromatic heterocycles. The van der Waals surface area contributed by atoms with Gasteiger partial charge in [0.15, 0.2) is 0 Å². The molecular formula is C36H54Cl2O4Ru+. The van der Waals surface area contributed by atoms with Gasteiger partial charge < -0.3 is 25.1 Å². The van der Waals surface area contributed by atoms with Gasteiger partial charge in [0.2, 0.25) is 0 Å². The first-order valence-electron chi connectivity index (χ1n) is 14.6. The van der Waals surface area contributed by atoms with Gasteiger partial charge in [0.05, 0.1) is 0 Å². The summed E-state index contributed by atoms with van der Waals surface area (Å²) in [5.41, 5.74) is 2.42. The molecule has 2 N–H and O–H groups in total. The minimum Gasteiger partial charge on any atom is -0.481 e. The fourth-order valence-corrected chi connectivity index (χ4v) is 3.94. The predicted octanol–water partition coefficient (Wildman–Crippen LogP) is 11.7. The second-order valence-electron chi connectivity index (χ2n) is 9.26. The van der Waals surface area contributed by atoms with Crippen LogP contribution < -0.4 is 0 Å². The zero-order valence-corrected chi connectivity index (χ0v) is 29.9. The number of hydrogen-bond acceptors (Lipinski definition) is 2. The molecule has 243 valence electrons. The quantitative estimate of drug-likeness (QED) is 0.111. The first-order valence-corrected chi connectivity index (χ1v) is 15.3. The van der Waals surface area contributed by atoms with Crippen LogP contribution in [0.5, 0.6) is 0 Å². The third-order valence-corrected chi connectivity index (χ3v) is 6.36. The molecule has 43 heavy (non-hydrogen) atoms. The third-order valence-electron chi connectivity index (χ3n) is 5.86. The van der Waals surface area contributed by atoms with Crippen molar-refractivity contribution in [3.8, 4) is 0 Å². The number of unbranched alkanes of at least 4 members (excludes halogenated alkanes) is 2. The summed E-state index contributed by atoms with van der Waals surface area (Å²) in [6.45, 7) is 4.00. The maximum absolute atomic E-state index is 10.2. The Balaban J connectivity index is -0.000000244. The largest absolute Gasteiger partial charge is 3.00 e. The Morgan fingerprint density at radius 1 is 0.581 bits per heavy atom. The summed E-state index contributed by atoms with van der Waals surface area (Å²) in [6, 6.07) is 15.3. The van der Waals surface area contributed by atoms with E-state index in [1.165, 1.54) is 49.7 Å². The van der Waals surface area contributed by atoms with E-state index in [4.69, 9.17) is 33.4 Å². The first-order chi connectivity index (χ1) is 19.4. The zero-order valence-electron chi connectivity index (χ0n) is 26.6. The molecule has 0 aliphatic heterocycles. The topological polar surface area (TPSA) is 74.6 Å². The molecule has 0 amide bonds. The van der Waals surface area contributed by atoms with Crippen molar-refractivity contribution in [3.63, 3.8) is 0 Å². The summed E-state index contributed by atoms with van der Waals surface area (Å²) >= 11 is 11.5. The molecule has 0 saturated heterocycles. The number of carboxylic acids is 2. The van der Waals surface area contributed by atoms with Crippen LogP contribution in [0.4, 0.5) is 0 Å². The van der Waals surface area contributed by atoms with E-state index >= 15 is 0 Å². The van der Waals surface area contributed by atoms with Gasteiger partial charge in [-0.15, -0.1) is 0 Å². The Hall–Kier alpha value is -1.94. The molecule has 4 rings (SSSR count). The van der Waals surface area contributed by atoms with Crippen molar-refractivity contribution in [2.45, 2.75) is 104 Å². The van der Waals surface area contributed by atoms with E-state index in [0.29, 0.717) is 0 Å². The number of rotatable bonds is 10. The molecule has 7 heteroatoms. The maximum atomic E-state index is 10.2. The number of hydrogen-bond donors (Lipinski definition) is 2. The molecule has 0 unspecified atom stereocenters. The average Bonchev–Trinajstić information content (AvgIpc) is 3.73. The van der Waals surface area contributed by atoms with Crippen LogP contribution >= 0.6 is 23.2 Å². The Bertz CT molecular complexity index is 867. The fourth-order valence-electron chi connectivity index (χ4n) is 3.69.